The molecule has 0 bridgehead atoms. The van der Waals surface area contributed by atoms with Crippen molar-refractivity contribution in [2.45, 2.75) is 33.2 Å². The first-order valence-electron chi connectivity index (χ1n) is 8.53. The first-order chi connectivity index (χ1) is 12.7. The molecule has 4 heterocycles. The lowest BCUT2D eigenvalue weighted by Gasteiger charge is -2.12. The highest BCUT2D eigenvalue weighted by Crippen LogP contribution is 2.28. The zero-order chi connectivity index (χ0) is 18.1. The summed E-state index contributed by atoms with van der Waals surface area (Å²) >= 11 is 1.66. The van der Waals surface area contributed by atoms with Gasteiger partial charge in [-0.25, -0.2) is 19.3 Å². The van der Waals surface area contributed by atoms with Crippen molar-refractivity contribution < 1.29 is 4.39 Å². The van der Waals surface area contributed by atoms with Crippen LogP contribution in [0.2, 0.25) is 0 Å². The van der Waals surface area contributed by atoms with Crippen molar-refractivity contribution in [3.05, 3.63) is 59.0 Å². The highest BCUT2D eigenvalue weighted by Gasteiger charge is 2.16. The molecule has 5 nitrogen and oxygen atoms in total. The summed E-state index contributed by atoms with van der Waals surface area (Å²) in [7, 11) is 0. The van der Waals surface area contributed by atoms with Crippen LogP contribution in [0, 0.1) is 12.7 Å². The molecule has 0 aliphatic rings. The topological polar surface area (TPSA) is 56.5 Å². The van der Waals surface area contributed by atoms with Gasteiger partial charge < -0.3 is 4.57 Å². The van der Waals surface area contributed by atoms with Gasteiger partial charge in [-0.05, 0) is 25.5 Å². The van der Waals surface area contributed by atoms with Gasteiger partial charge in [-0.3, -0.25) is 4.98 Å². The number of thiazole rings is 1. The monoisotopic (exact) mass is 367 g/mol. The summed E-state index contributed by atoms with van der Waals surface area (Å²) in [5.41, 5.74) is 3.39. The molecule has 4 aromatic heterocycles. The summed E-state index contributed by atoms with van der Waals surface area (Å²) in [6.45, 7) is 4.67. The van der Waals surface area contributed by atoms with Gasteiger partial charge in [0.2, 0.25) is 0 Å². The van der Waals surface area contributed by atoms with Crippen LogP contribution in [0.4, 0.5) is 4.39 Å². The van der Waals surface area contributed by atoms with Gasteiger partial charge in [-0.2, -0.15) is 0 Å². The molecule has 0 saturated heterocycles. The Morgan fingerprint density at radius 1 is 1.19 bits per heavy atom. The van der Waals surface area contributed by atoms with E-state index in [9.17, 15) is 4.39 Å². The summed E-state index contributed by atoms with van der Waals surface area (Å²) in [6, 6.07) is 2.97. The van der Waals surface area contributed by atoms with E-state index in [-0.39, 0.29) is 11.5 Å². The molecular weight excluding hydrogens is 349 g/mol. The van der Waals surface area contributed by atoms with Gasteiger partial charge in [-0.1, -0.05) is 13.3 Å². The average Bonchev–Trinajstić information content (AvgIpc) is 3.23. The molecule has 0 saturated carbocycles. The number of rotatable bonds is 5. The standard InChI is InChI=1S/C19H18FN5S/c1-3-5-13-15(23-10-16-17(13)24-12(2)26-16)11-25-9-8-22-19(25)18-14(20)6-4-7-21-18/h4,6-10H,3,5,11H2,1-2H3. The molecule has 26 heavy (non-hydrogen) atoms. The smallest absolute Gasteiger partial charge is 0.162 e. The lowest BCUT2D eigenvalue weighted by Crippen LogP contribution is -2.08. The molecular formula is C19H18FN5S. The number of halogens is 1. The molecule has 0 spiro atoms. The van der Waals surface area contributed by atoms with E-state index >= 15 is 0 Å². The van der Waals surface area contributed by atoms with Crippen LogP contribution in [-0.4, -0.2) is 24.5 Å². The summed E-state index contributed by atoms with van der Waals surface area (Å²) in [4.78, 5) is 17.8. The summed E-state index contributed by atoms with van der Waals surface area (Å²) in [5.74, 6) is 0.120. The molecule has 4 rings (SSSR count). The van der Waals surface area contributed by atoms with Gasteiger partial charge in [0.25, 0.3) is 0 Å². The molecule has 0 amide bonds. The molecule has 0 N–H and O–H groups in total. The molecule has 0 aliphatic carbocycles. The fourth-order valence-corrected chi connectivity index (χ4v) is 3.94. The van der Waals surface area contributed by atoms with Crippen LogP contribution in [-0.2, 0) is 13.0 Å². The van der Waals surface area contributed by atoms with E-state index in [1.54, 1.807) is 29.8 Å². The van der Waals surface area contributed by atoms with Crippen molar-refractivity contribution >= 4 is 21.6 Å². The van der Waals surface area contributed by atoms with E-state index in [1.807, 2.05) is 23.9 Å². The second-order valence-corrected chi connectivity index (χ2v) is 7.33. The zero-order valence-corrected chi connectivity index (χ0v) is 15.4. The van der Waals surface area contributed by atoms with Crippen molar-refractivity contribution in [2.75, 3.05) is 0 Å². The van der Waals surface area contributed by atoms with Crippen molar-refractivity contribution in [3.8, 4) is 11.5 Å². The molecule has 0 radical (unpaired) electrons. The molecule has 7 heteroatoms. The maximum Gasteiger partial charge on any atom is 0.162 e. The fraction of sp³-hybridized carbons (Fsp3) is 0.263. The van der Waals surface area contributed by atoms with Crippen molar-refractivity contribution in [1.82, 2.24) is 24.5 Å². The molecule has 0 atom stereocenters. The SMILES string of the molecule is CCCc1c(Cn2ccnc2-c2ncccc2F)ncc2sc(C)nc12. The highest BCUT2D eigenvalue weighted by molar-refractivity contribution is 7.18. The minimum absolute atomic E-state index is 0.250. The van der Waals surface area contributed by atoms with Gasteiger partial charge in [0.05, 0.1) is 27.5 Å². The lowest BCUT2D eigenvalue weighted by atomic mass is 10.1. The third-order valence-corrected chi connectivity index (χ3v) is 5.14. The van der Waals surface area contributed by atoms with Crippen LogP contribution in [0.25, 0.3) is 21.7 Å². The van der Waals surface area contributed by atoms with Crippen LogP contribution in [0.15, 0.2) is 36.9 Å². The Bertz CT molecular complexity index is 1070. The van der Waals surface area contributed by atoms with Crippen molar-refractivity contribution in [2.24, 2.45) is 0 Å². The first-order valence-corrected chi connectivity index (χ1v) is 9.35. The van der Waals surface area contributed by atoms with E-state index in [0.717, 1.165) is 39.3 Å². The first kappa shape index (κ1) is 16.8. The number of aromatic nitrogens is 5. The van der Waals surface area contributed by atoms with Gasteiger partial charge in [0.15, 0.2) is 11.6 Å². The van der Waals surface area contributed by atoms with E-state index in [1.165, 1.54) is 6.07 Å². The third kappa shape index (κ3) is 2.99. The van der Waals surface area contributed by atoms with Crippen LogP contribution < -0.4 is 0 Å². The molecule has 0 fully saturated rings. The Balaban J connectivity index is 1.78. The summed E-state index contributed by atoms with van der Waals surface area (Å²) < 4.78 is 17.1. The van der Waals surface area contributed by atoms with Gasteiger partial charge in [0.1, 0.15) is 5.69 Å². The number of hydrogen-bond donors (Lipinski definition) is 0. The van der Waals surface area contributed by atoms with Gasteiger partial charge in [0, 0.05) is 30.4 Å². The normalized spacial score (nSPS) is 11.3. The van der Waals surface area contributed by atoms with Crippen molar-refractivity contribution in [1.29, 1.82) is 0 Å². The maximum absolute atomic E-state index is 14.1. The lowest BCUT2D eigenvalue weighted by molar-refractivity contribution is 0.621. The van der Waals surface area contributed by atoms with Crippen molar-refractivity contribution in [3.63, 3.8) is 0 Å². The van der Waals surface area contributed by atoms with Crippen LogP contribution in [0.1, 0.15) is 29.6 Å². The summed E-state index contributed by atoms with van der Waals surface area (Å²) in [5, 5.41) is 1.04. The predicted molar refractivity (Wildman–Crippen MR) is 101 cm³/mol. The second kappa shape index (κ2) is 6.92. The number of fused-ring (bicyclic) bond motifs is 1. The largest absolute Gasteiger partial charge is 0.324 e. The van der Waals surface area contributed by atoms with Crippen LogP contribution in [0.5, 0.6) is 0 Å². The van der Waals surface area contributed by atoms with Gasteiger partial charge in [-0.15, -0.1) is 11.3 Å². The van der Waals surface area contributed by atoms with E-state index in [2.05, 4.69) is 21.9 Å². The number of nitrogens with zero attached hydrogens (tertiary/aromatic N) is 5. The quantitative estimate of drug-likeness (QED) is 0.525. The van der Waals surface area contributed by atoms with E-state index in [0.29, 0.717) is 12.4 Å². The molecule has 4 aromatic rings. The Labute approximate surface area is 154 Å². The Morgan fingerprint density at radius 3 is 2.88 bits per heavy atom. The number of imidazole rings is 1. The minimum Gasteiger partial charge on any atom is -0.324 e. The highest BCUT2D eigenvalue weighted by atomic mass is 32.1. The van der Waals surface area contributed by atoms with E-state index in [4.69, 9.17) is 4.98 Å². The number of pyridine rings is 2. The second-order valence-electron chi connectivity index (χ2n) is 6.09. The average molecular weight is 367 g/mol. The van der Waals surface area contributed by atoms with E-state index < -0.39 is 0 Å². The Hall–Kier alpha value is -2.67. The van der Waals surface area contributed by atoms with Crippen LogP contribution >= 0.6 is 11.3 Å². The Morgan fingerprint density at radius 2 is 2.08 bits per heavy atom. The van der Waals surface area contributed by atoms with Gasteiger partial charge >= 0.3 is 0 Å². The molecule has 132 valence electrons. The number of aryl methyl sites for hydroxylation is 2. The minimum atomic E-state index is -0.382. The predicted octanol–water partition coefficient (Wildman–Crippen LogP) is 4.40. The molecule has 0 unspecified atom stereocenters. The van der Waals surface area contributed by atoms with Crippen LogP contribution in [0.3, 0.4) is 0 Å². The zero-order valence-electron chi connectivity index (χ0n) is 14.6. The molecule has 0 aliphatic heterocycles. The maximum atomic E-state index is 14.1. The molecule has 0 aromatic carbocycles. The fourth-order valence-electron chi connectivity index (χ4n) is 3.11. The Kier molecular flexibility index (Phi) is 4.46. The third-order valence-electron chi connectivity index (χ3n) is 4.24. The number of hydrogen-bond acceptors (Lipinski definition) is 5. The summed E-state index contributed by atoms with van der Waals surface area (Å²) in [6.07, 6.45) is 8.86.